The number of carboxylic acids is 2. The van der Waals surface area contributed by atoms with E-state index in [2.05, 4.69) is 85.1 Å². The number of carbonyl (C=O) groups is 2. The molecule has 0 spiro atoms. The molecule has 4 aliphatic rings. The maximum absolute atomic E-state index is 9.10. The molecule has 2 heterocycles. The molecule has 0 bridgehead atoms. The predicted octanol–water partition coefficient (Wildman–Crippen LogP) is 7.70. The molecule has 10 nitrogen and oxygen atoms in total. The van der Waals surface area contributed by atoms with Crippen molar-refractivity contribution in [2.24, 2.45) is 0 Å². The van der Waals surface area contributed by atoms with Gasteiger partial charge in [-0.1, -0.05) is 111 Å². The van der Waals surface area contributed by atoms with Crippen LogP contribution in [0.15, 0.2) is 109 Å². The molecular weight excluding hydrogens is 684 g/mol. The molecule has 286 valence electrons. The molecule has 4 aromatic rings. The Morgan fingerprint density at radius 1 is 0.537 bits per heavy atom. The lowest BCUT2D eigenvalue weighted by Crippen LogP contribution is -2.53. The molecule has 54 heavy (non-hydrogen) atoms. The van der Waals surface area contributed by atoms with Gasteiger partial charge in [0.2, 0.25) is 0 Å². The van der Waals surface area contributed by atoms with Crippen molar-refractivity contribution < 1.29 is 38.7 Å². The quantitative estimate of drug-likeness (QED) is 0.133. The van der Waals surface area contributed by atoms with Crippen LogP contribution in [0.1, 0.15) is 76.3 Å². The van der Waals surface area contributed by atoms with Crippen molar-refractivity contribution >= 4 is 11.9 Å². The van der Waals surface area contributed by atoms with E-state index in [9.17, 15) is 0 Å². The van der Waals surface area contributed by atoms with E-state index < -0.39 is 11.9 Å². The molecule has 4 N–H and O–H groups in total. The van der Waals surface area contributed by atoms with Crippen LogP contribution in [0, 0.1) is 0 Å². The summed E-state index contributed by atoms with van der Waals surface area (Å²) >= 11 is 0. The number of hydrogen-bond donors (Lipinski definition) is 4. The summed E-state index contributed by atoms with van der Waals surface area (Å²) in [4.78, 5) is 18.2. The molecule has 0 saturated heterocycles. The molecule has 4 atom stereocenters. The molecule has 0 aromatic heterocycles. The Kier molecular flexibility index (Phi) is 12.8. The SMILES string of the molecule is CC(NC1(c2ccccc2)CCCC1)C1COc2ccccc2O1.CC(NC1(c2ccccc2)CCCC1)C1COc2ccccc2O1.O=C(O)C(=O)O. The second-order valence-electron chi connectivity index (χ2n) is 14.6. The number of carboxylic acid groups (broad SMARTS) is 2. The van der Waals surface area contributed by atoms with Crippen LogP contribution in [0.3, 0.4) is 0 Å². The first kappa shape index (κ1) is 38.7. The van der Waals surface area contributed by atoms with Crippen molar-refractivity contribution in [3.63, 3.8) is 0 Å². The lowest BCUT2D eigenvalue weighted by Gasteiger charge is -2.38. The van der Waals surface area contributed by atoms with E-state index >= 15 is 0 Å². The number of ether oxygens (including phenoxy) is 4. The third-order valence-electron chi connectivity index (χ3n) is 10.9. The highest BCUT2D eigenvalue weighted by Gasteiger charge is 2.40. The van der Waals surface area contributed by atoms with Crippen LogP contribution in [-0.2, 0) is 20.7 Å². The van der Waals surface area contributed by atoms with Crippen LogP contribution in [0.4, 0.5) is 0 Å². The van der Waals surface area contributed by atoms with Gasteiger partial charge in [0, 0.05) is 23.2 Å². The fourth-order valence-electron chi connectivity index (χ4n) is 8.13. The minimum Gasteiger partial charge on any atom is -0.486 e. The summed E-state index contributed by atoms with van der Waals surface area (Å²) in [5, 5.41) is 22.6. The fourth-order valence-corrected chi connectivity index (χ4v) is 8.13. The number of rotatable bonds is 8. The summed E-state index contributed by atoms with van der Waals surface area (Å²) in [7, 11) is 0. The molecule has 2 aliphatic heterocycles. The Morgan fingerprint density at radius 2 is 0.852 bits per heavy atom. The van der Waals surface area contributed by atoms with E-state index in [4.69, 9.17) is 38.7 Å². The Bertz CT molecular complexity index is 1670. The summed E-state index contributed by atoms with van der Waals surface area (Å²) < 4.78 is 24.2. The average molecular weight is 737 g/mol. The van der Waals surface area contributed by atoms with E-state index in [1.165, 1.54) is 62.5 Å². The van der Waals surface area contributed by atoms with Gasteiger partial charge in [0.1, 0.15) is 25.4 Å². The van der Waals surface area contributed by atoms with Crippen LogP contribution in [0.25, 0.3) is 0 Å². The van der Waals surface area contributed by atoms with Gasteiger partial charge in [-0.15, -0.1) is 0 Å². The van der Waals surface area contributed by atoms with Gasteiger partial charge in [-0.3, -0.25) is 0 Å². The Morgan fingerprint density at radius 3 is 1.19 bits per heavy atom. The van der Waals surface area contributed by atoms with Gasteiger partial charge in [0.25, 0.3) is 0 Å². The summed E-state index contributed by atoms with van der Waals surface area (Å²) in [5.41, 5.74) is 2.93. The third kappa shape index (κ3) is 9.35. The van der Waals surface area contributed by atoms with Crippen molar-refractivity contribution in [2.45, 2.75) is 101 Å². The van der Waals surface area contributed by atoms with E-state index in [1.807, 2.05) is 48.5 Å². The molecule has 0 radical (unpaired) electrons. The molecule has 2 aliphatic carbocycles. The molecule has 2 fully saturated rings. The molecular formula is C44H52N2O8. The van der Waals surface area contributed by atoms with Gasteiger partial charge >= 0.3 is 11.9 Å². The number of aliphatic carboxylic acids is 2. The summed E-state index contributed by atoms with van der Waals surface area (Å²) in [6.07, 6.45) is 9.91. The first-order valence-electron chi connectivity index (χ1n) is 19.1. The molecule has 0 amide bonds. The fraction of sp³-hybridized carbons (Fsp3) is 0.409. The topological polar surface area (TPSA) is 136 Å². The zero-order chi connectivity index (χ0) is 38.0. The minimum atomic E-state index is -1.82. The van der Waals surface area contributed by atoms with E-state index in [0.29, 0.717) is 13.2 Å². The largest absolute Gasteiger partial charge is 0.486 e. The Labute approximate surface area is 317 Å². The number of hydrogen-bond acceptors (Lipinski definition) is 8. The van der Waals surface area contributed by atoms with Crippen LogP contribution in [0.2, 0.25) is 0 Å². The van der Waals surface area contributed by atoms with Gasteiger partial charge in [0.15, 0.2) is 23.0 Å². The number of nitrogens with one attached hydrogen (secondary N) is 2. The molecule has 4 aromatic carbocycles. The van der Waals surface area contributed by atoms with E-state index in [0.717, 1.165) is 23.0 Å². The highest BCUT2D eigenvalue weighted by Crippen LogP contribution is 2.41. The van der Waals surface area contributed by atoms with Crippen molar-refractivity contribution in [3.05, 3.63) is 120 Å². The predicted molar refractivity (Wildman–Crippen MR) is 206 cm³/mol. The van der Waals surface area contributed by atoms with Gasteiger partial charge < -0.3 is 39.8 Å². The zero-order valence-corrected chi connectivity index (χ0v) is 31.1. The maximum Gasteiger partial charge on any atom is 0.414 e. The Balaban J connectivity index is 0.000000160. The number of fused-ring (bicyclic) bond motifs is 2. The molecule has 2 saturated carbocycles. The summed E-state index contributed by atoms with van der Waals surface area (Å²) in [6, 6.07) is 38.0. The third-order valence-corrected chi connectivity index (χ3v) is 10.9. The normalized spacial score (nSPS) is 21.2. The van der Waals surface area contributed by atoms with E-state index in [-0.39, 0.29) is 35.4 Å². The highest BCUT2D eigenvalue weighted by molar-refractivity contribution is 6.27. The minimum absolute atomic E-state index is 0.0288. The standard InChI is InChI=1S/2C21H25NO2.C2H2O4/c2*1-16(20-15-23-18-11-5-6-12-19(18)24-20)22-21(13-7-8-14-21)17-9-3-2-4-10-17;3-1(4)2(5)6/h2*2-6,9-12,16,20,22H,7-8,13-15H2,1H3;(H,3,4)(H,5,6). The monoisotopic (exact) mass is 736 g/mol. The average Bonchev–Trinajstić information content (AvgIpc) is 3.90. The van der Waals surface area contributed by atoms with Crippen molar-refractivity contribution in [3.8, 4) is 23.0 Å². The maximum atomic E-state index is 9.10. The first-order valence-corrected chi connectivity index (χ1v) is 19.1. The summed E-state index contributed by atoms with van der Waals surface area (Å²) in [6.45, 7) is 5.61. The molecule has 8 rings (SSSR count). The molecule has 10 heteroatoms. The van der Waals surface area contributed by atoms with Crippen molar-refractivity contribution in [1.82, 2.24) is 10.6 Å². The number of para-hydroxylation sites is 4. The van der Waals surface area contributed by atoms with Crippen LogP contribution in [-0.4, -0.2) is 59.7 Å². The second-order valence-corrected chi connectivity index (χ2v) is 14.6. The van der Waals surface area contributed by atoms with Crippen LogP contribution in [0.5, 0.6) is 23.0 Å². The smallest absolute Gasteiger partial charge is 0.414 e. The second kappa shape index (κ2) is 17.8. The van der Waals surface area contributed by atoms with Gasteiger partial charge in [-0.2, -0.15) is 0 Å². The summed E-state index contributed by atoms with van der Waals surface area (Å²) in [5.74, 6) is -0.255. The van der Waals surface area contributed by atoms with Crippen LogP contribution < -0.4 is 29.6 Å². The van der Waals surface area contributed by atoms with Gasteiger partial charge in [0.05, 0.1) is 0 Å². The first-order chi connectivity index (χ1) is 26.2. The van der Waals surface area contributed by atoms with E-state index in [1.54, 1.807) is 0 Å². The highest BCUT2D eigenvalue weighted by atomic mass is 16.6. The van der Waals surface area contributed by atoms with Crippen molar-refractivity contribution in [2.75, 3.05) is 13.2 Å². The molecule has 4 unspecified atom stereocenters. The number of benzene rings is 4. The zero-order valence-electron chi connectivity index (χ0n) is 31.1. The lowest BCUT2D eigenvalue weighted by molar-refractivity contribution is -0.159. The van der Waals surface area contributed by atoms with Crippen LogP contribution >= 0.6 is 0 Å². The Hall–Kier alpha value is -5.06. The van der Waals surface area contributed by atoms with Gasteiger partial charge in [-0.05, 0) is 74.9 Å². The lowest BCUT2D eigenvalue weighted by atomic mass is 9.87. The van der Waals surface area contributed by atoms with Gasteiger partial charge in [-0.25, -0.2) is 9.59 Å². The van der Waals surface area contributed by atoms with Crippen molar-refractivity contribution in [1.29, 1.82) is 0 Å².